The van der Waals surface area contributed by atoms with Gasteiger partial charge in [-0.05, 0) is 33.3 Å². The van der Waals surface area contributed by atoms with Crippen molar-refractivity contribution in [1.82, 2.24) is 16.2 Å². The third-order valence-electron chi connectivity index (χ3n) is 2.32. The molecule has 0 fully saturated rings. The maximum absolute atomic E-state index is 11.6. The Morgan fingerprint density at radius 3 is 2.25 bits per heavy atom. The molecule has 3 amide bonds. The number of ether oxygens (including phenoxy) is 1. The van der Waals surface area contributed by atoms with Gasteiger partial charge in [-0.2, -0.15) is 0 Å². The summed E-state index contributed by atoms with van der Waals surface area (Å²) in [4.78, 5) is 22.9. The zero-order chi connectivity index (χ0) is 15.2. The molecule has 0 heterocycles. The van der Waals surface area contributed by atoms with Crippen LogP contribution in [0.1, 0.15) is 39.3 Å². The molecule has 110 valence electrons. The first kappa shape index (κ1) is 15.8. The third-order valence-corrected chi connectivity index (χ3v) is 2.32. The second-order valence-corrected chi connectivity index (χ2v) is 5.36. The molecular formula is C14H21N3O3. The lowest BCUT2D eigenvalue weighted by molar-refractivity contribution is 0.0504. The number of hydrazine groups is 1. The SMILES string of the molecule is CC(NC(=O)NNC(=O)OC(C)(C)C)c1ccccc1. The lowest BCUT2D eigenvalue weighted by atomic mass is 10.1. The van der Waals surface area contributed by atoms with E-state index in [4.69, 9.17) is 4.74 Å². The van der Waals surface area contributed by atoms with Gasteiger partial charge in [-0.15, -0.1) is 0 Å². The van der Waals surface area contributed by atoms with E-state index in [9.17, 15) is 9.59 Å². The predicted molar refractivity (Wildman–Crippen MR) is 75.9 cm³/mol. The number of carbonyl (C=O) groups is 2. The van der Waals surface area contributed by atoms with Crippen LogP contribution in [0.2, 0.25) is 0 Å². The Kier molecular flexibility index (Phi) is 5.37. The predicted octanol–water partition coefficient (Wildman–Crippen LogP) is 2.49. The molecule has 0 aliphatic heterocycles. The third kappa shape index (κ3) is 6.08. The molecule has 0 bridgehead atoms. The lowest BCUT2D eigenvalue weighted by Crippen LogP contribution is -2.48. The highest BCUT2D eigenvalue weighted by molar-refractivity contribution is 5.78. The molecule has 1 rings (SSSR count). The van der Waals surface area contributed by atoms with E-state index >= 15 is 0 Å². The Morgan fingerprint density at radius 1 is 1.10 bits per heavy atom. The van der Waals surface area contributed by atoms with Crippen LogP contribution in [0.15, 0.2) is 30.3 Å². The van der Waals surface area contributed by atoms with Gasteiger partial charge in [0, 0.05) is 0 Å². The first-order chi connectivity index (χ1) is 9.28. The molecule has 6 heteroatoms. The summed E-state index contributed by atoms with van der Waals surface area (Å²) in [6.07, 6.45) is -0.708. The summed E-state index contributed by atoms with van der Waals surface area (Å²) in [6.45, 7) is 7.07. The molecule has 6 nitrogen and oxygen atoms in total. The van der Waals surface area contributed by atoms with E-state index in [0.29, 0.717) is 0 Å². The number of amides is 3. The summed E-state index contributed by atoms with van der Waals surface area (Å²) in [5, 5.41) is 2.69. The van der Waals surface area contributed by atoms with E-state index < -0.39 is 17.7 Å². The summed E-state index contributed by atoms with van der Waals surface area (Å²) in [5.41, 5.74) is 4.76. The average molecular weight is 279 g/mol. The van der Waals surface area contributed by atoms with Gasteiger partial charge < -0.3 is 10.1 Å². The smallest absolute Gasteiger partial charge is 0.426 e. The van der Waals surface area contributed by atoms with Crippen molar-refractivity contribution in [1.29, 1.82) is 0 Å². The molecule has 1 atom stereocenters. The normalized spacial score (nSPS) is 12.2. The molecule has 0 saturated carbocycles. The first-order valence-corrected chi connectivity index (χ1v) is 6.38. The van der Waals surface area contributed by atoms with Gasteiger partial charge >= 0.3 is 12.1 Å². The van der Waals surface area contributed by atoms with Gasteiger partial charge in [-0.3, -0.25) is 0 Å². The van der Waals surface area contributed by atoms with Gasteiger partial charge in [-0.1, -0.05) is 30.3 Å². The van der Waals surface area contributed by atoms with Crippen LogP contribution in [0, 0.1) is 0 Å². The van der Waals surface area contributed by atoms with Gasteiger partial charge in [0.15, 0.2) is 0 Å². The van der Waals surface area contributed by atoms with E-state index in [1.807, 2.05) is 37.3 Å². The summed E-state index contributed by atoms with van der Waals surface area (Å²) in [6, 6.07) is 8.83. The fourth-order valence-corrected chi connectivity index (χ4v) is 1.47. The molecule has 20 heavy (non-hydrogen) atoms. The van der Waals surface area contributed by atoms with Crippen LogP contribution in [0.4, 0.5) is 9.59 Å². The largest absolute Gasteiger partial charge is 0.443 e. The Balaban J connectivity index is 2.36. The van der Waals surface area contributed by atoms with E-state index in [0.717, 1.165) is 5.56 Å². The van der Waals surface area contributed by atoms with E-state index in [1.54, 1.807) is 20.8 Å². The van der Waals surface area contributed by atoms with Crippen molar-refractivity contribution in [2.24, 2.45) is 0 Å². The Morgan fingerprint density at radius 2 is 1.70 bits per heavy atom. The topological polar surface area (TPSA) is 79.5 Å². The molecular weight excluding hydrogens is 258 g/mol. The molecule has 1 aromatic carbocycles. The quantitative estimate of drug-likeness (QED) is 0.728. The second-order valence-electron chi connectivity index (χ2n) is 5.36. The highest BCUT2D eigenvalue weighted by Gasteiger charge is 2.16. The Bertz CT molecular complexity index is 454. The molecule has 1 unspecified atom stereocenters. The molecule has 0 aliphatic rings. The summed E-state index contributed by atoms with van der Waals surface area (Å²) in [7, 11) is 0. The van der Waals surface area contributed by atoms with Crippen molar-refractivity contribution >= 4 is 12.1 Å². The van der Waals surface area contributed by atoms with Gasteiger partial charge in [0.1, 0.15) is 5.60 Å². The van der Waals surface area contributed by atoms with Gasteiger partial charge in [-0.25, -0.2) is 20.4 Å². The number of nitrogens with one attached hydrogen (secondary N) is 3. The average Bonchev–Trinajstić information content (AvgIpc) is 2.35. The van der Waals surface area contributed by atoms with Gasteiger partial charge in [0.25, 0.3) is 0 Å². The van der Waals surface area contributed by atoms with Crippen LogP contribution in [-0.4, -0.2) is 17.7 Å². The number of urea groups is 1. The number of hydrogen-bond donors (Lipinski definition) is 3. The number of hydrogen-bond acceptors (Lipinski definition) is 3. The van der Waals surface area contributed by atoms with Gasteiger partial charge in [0.05, 0.1) is 6.04 Å². The van der Waals surface area contributed by atoms with E-state index in [1.165, 1.54) is 0 Å². The van der Waals surface area contributed by atoms with E-state index in [-0.39, 0.29) is 6.04 Å². The zero-order valence-corrected chi connectivity index (χ0v) is 12.2. The van der Waals surface area contributed by atoms with Crippen molar-refractivity contribution < 1.29 is 14.3 Å². The van der Waals surface area contributed by atoms with Crippen LogP contribution < -0.4 is 16.2 Å². The molecule has 0 radical (unpaired) electrons. The molecule has 3 N–H and O–H groups in total. The molecule has 0 aliphatic carbocycles. The molecule has 0 spiro atoms. The van der Waals surface area contributed by atoms with Crippen LogP contribution in [-0.2, 0) is 4.74 Å². The van der Waals surface area contributed by atoms with Gasteiger partial charge in [0.2, 0.25) is 0 Å². The molecule has 1 aromatic rings. The fraction of sp³-hybridized carbons (Fsp3) is 0.429. The number of rotatable bonds is 2. The summed E-state index contributed by atoms with van der Waals surface area (Å²) >= 11 is 0. The summed E-state index contributed by atoms with van der Waals surface area (Å²) < 4.78 is 4.99. The summed E-state index contributed by atoms with van der Waals surface area (Å²) in [5.74, 6) is 0. The monoisotopic (exact) mass is 279 g/mol. The van der Waals surface area contributed by atoms with Crippen LogP contribution in [0.5, 0.6) is 0 Å². The minimum atomic E-state index is -0.708. The highest BCUT2D eigenvalue weighted by Crippen LogP contribution is 2.10. The fourth-order valence-electron chi connectivity index (χ4n) is 1.47. The lowest BCUT2D eigenvalue weighted by Gasteiger charge is -2.20. The van der Waals surface area contributed by atoms with Crippen LogP contribution >= 0.6 is 0 Å². The second kappa shape index (κ2) is 6.79. The van der Waals surface area contributed by atoms with Crippen molar-refractivity contribution in [3.8, 4) is 0 Å². The minimum Gasteiger partial charge on any atom is -0.443 e. The molecule has 0 saturated heterocycles. The van der Waals surface area contributed by atoms with Crippen molar-refractivity contribution in [3.63, 3.8) is 0 Å². The standard InChI is InChI=1S/C14H21N3O3/c1-10(11-8-6-5-7-9-11)15-12(18)16-17-13(19)20-14(2,3)4/h5-10H,1-4H3,(H,17,19)(H2,15,16,18). The number of carbonyl (C=O) groups excluding carboxylic acids is 2. The highest BCUT2D eigenvalue weighted by atomic mass is 16.6. The van der Waals surface area contributed by atoms with Crippen molar-refractivity contribution in [2.75, 3.05) is 0 Å². The Labute approximate surface area is 118 Å². The van der Waals surface area contributed by atoms with Crippen molar-refractivity contribution in [3.05, 3.63) is 35.9 Å². The van der Waals surface area contributed by atoms with Crippen molar-refractivity contribution in [2.45, 2.75) is 39.3 Å². The first-order valence-electron chi connectivity index (χ1n) is 6.38. The number of benzene rings is 1. The van der Waals surface area contributed by atoms with E-state index in [2.05, 4.69) is 16.2 Å². The molecule has 0 aromatic heterocycles. The minimum absolute atomic E-state index is 0.170. The maximum Gasteiger partial charge on any atom is 0.426 e. The maximum atomic E-state index is 11.6. The zero-order valence-electron chi connectivity index (χ0n) is 12.2. The Hall–Kier alpha value is -2.24. The van der Waals surface area contributed by atoms with Crippen LogP contribution in [0.3, 0.4) is 0 Å². The van der Waals surface area contributed by atoms with Crippen LogP contribution in [0.25, 0.3) is 0 Å².